The zero-order chi connectivity index (χ0) is 25.0. The van der Waals surface area contributed by atoms with Crippen LogP contribution in [0.5, 0.6) is 17.2 Å². The predicted molar refractivity (Wildman–Crippen MR) is 138 cm³/mol. The molecular weight excluding hydrogens is 488 g/mol. The highest BCUT2D eigenvalue weighted by atomic mass is 32.2. The lowest BCUT2D eigenvalue weighted by Gasteiger charge is -2.15. The first kappa shape index (κ1) is 24.8. The summed E-state index contributed by atoms with van der Waals surface area (Å²) in [6.45, 7) is 1.67. The van der Waals surface area contributed by atoms with Crippen molar-refractivity contribution in [3.05, 3.63) is 59.5 Å². The molecule has 0 aliphatic carbocycles. The molecule has 1 N–H and O–H groups in total. The average Bonchev–Trinajstić information content (AvgIpc) is 3.49. The largest absolute Gasteiger partial charge is 0.496 e. The number of anilines is 1. The van der Waals surface area contributed by atoms with Crippen LogP contribution in [0.3, 0.4) is 0 Å². The molecule has 0 unspecified atom stereocenters. The summed E-state index contributed by atoms with van der Waals surface area (Å²) in [5.41, 5.74) is 1.66. The number of hydrogen-bond donors (Lipinski definition) is 1. The SMILES string of the molecule is COc1ccc(Cn2nc(NS(=O)(=O)c3cccs3)c3c(OC)cccc32)cc1OCCN(C)C. The maximum absolute atomic E-state index is 12.9. The van der Waals surface area contributed by atoms with Crippen molar-refractivity contribution in [2.45, 2.75) is 10.8 Å². The summed E-state index contributed by atoms with van der Waals surface area (Å²) in [5.74, 6) is 2.02. The lowest BCUT2D eigenvalue weighted by atomic mass is 10.2. The number of ether oxygens (including phenoxy) is 3. The molecule has 0 aliphatic rings. The van der Waals surface area contributed by atoms with Crippen LogP contribution in [0, 0.1) is 0 Å². The quantitative estimate of drug-likeness (QED) is 0.323. The van der Waals surface area contributed by atoms with Crippen molar-refractivity contribution in [2.75, 3.05) is 46.2 Å². The summed E-state index contributed by atoms with van der Waals surface area (Å²) in [6.07, 6.45) is 0. The molecule has 9 nitrogen and oxygen atoms in total. The van der Waals surface area contributed by atoms with E-state index in [2.05, 4.69) is 9.82 Å². The Morgan fingerprint density at radius 2 is 1.83 bits per heavy atom. The molecule has 2 aromatic heterocycles. The molecule has 2 heterocycles. The fourth-order valence-corrected chi connectivity index (χ4v) is 5.60. The van der Waals surface area contributed by atoms with Crippen molar-refractivity contribution in [1.29, 1.82) is 0 Å². The molecule has 186 valence electrons. The number of nitrogens with zero attached hydrogens (tertiary/aromatic N) is 3. The third-order valence-electron chi connectivity index (χ3n) is 5.31. The molecule has 0 amide bonds. The van der Waals surface area contributed by atoms with Gasteiger partial charge in [-0.25, -0.2) is 8.42 Å². The number of fused-ring (bicyclic) bond motifs is 1. The molecule has 0 aliphatic heterocycles. The molecule has 0 saturated heterocycles. The van der Waals surface area contributed by atoms with Crippen molar-refractivity contribution in [3.63, 3.8) is 0 Å². The smallest absolute Gasteiger partial charge is 0.272 e. The van der Waals surface area contributed by atoms with E-state index in [1.807, 2.05) is 49.3 Å². The minimum absolute atomic E-state index is 0.210. The molecule has 4 rings (SSSR count). The summed E-state index contributed by atoms with van der Waals surface area (Å²) in [4.78, 5) is 2.04. The van der Waals surface area contributed by atoms with E-state index < -0.39 is 10.0 Å². The van der Waals surface area contributed by atoms with Crippen molar-refractivity contribution in [2.24, 2.45) is 0 Å². The average molecular weight is 517 g/mol. The molecule has 0 spiro atoms. The van der Waals surface area contributed by atoms with Gasteiger partial charge in [-0.05, 0) is 55.4 Å². The number of rotatable bonds is 11. The van der Waals surface area contributed by atoms with Crippen LogP contribution in [-0.2, 0) is 16.6 Å². The number of likely N-dealkylation sites (N-methyl/N-ethyl adjacent to an activating group) is 1. The molecule has 11 heteroatoms. The molecule has 4 aromatic rings. The van der Waals surface area contributed by atoms with Crippen LogP contribution in [-0.4, -0.2) is 64.6 Å². The normalized spacial score (nSPS) is 11.7. The van der Waals surface area contributed by atoms with Gasteiger partial charge in [0.2, 0.25) is 0 Å². The Morgan fingerprint density at radius 1 is 1.03 bits per heavy atom. The van der Waals surface area contributed by atoms with Gasteiger partial charge < -0.3 is 19.1 Å². The second kappa shape index (κ2) is 10.5. The predicted octanol–water partition coefficient (Wildman–Crippen LogP) is 3.90. The van der Waals surface area contributed by atoms with Crippen LogP contribution in [0.4, 0.5) is 5.82 Å². The van der Waals surface area contributed by atoms with Crippen LogP contribution in [0.1, 0.15) is 5.56 Å². The fraction of sp³-hybridized carbons (Fsp3) is 0.292. The Balaban J connectivity index is 1.70. The zero-order valence-electron chi connectivity index (χ0n) is 20.0. The molecule has 2 aromatic carbocycles. The lowest BCUT2D eigenvalue weighted by Crippen LogP contribution is -2.19. The number of hydrogen-bond acceptors (Lipinski definition) is 8. The van der Waals surface area contributed by atoms with Gasteiger partial charge in [0.1, 0.15) is 16.6 Å². The summed E-state index contributed by atoms with van der Waals surface area (Å²) in [5, 5.41) is 6.92. The maximum atomic E-state index is 12.9. The Labute approximate surface area is 208 Å². The zero-order valence-corrected chi connectivity index (χ0v) is 21.6. The Morgan fingerprint density at radius 3 is 2.51 bits per heavy atom. The highest BCUT2D eigenvalue weighted by Crippen LogP contribution is 2.35. The second-order valence-electron chi connectivity index (χ2n) is 8.04. The molecule has 0 radical (unpaired) electrons. The van der Waals surface area contributed by atoms with Crippen LogP contribution >= 0.6 is 11.3 Å². The maximum Gasteiger partial charge on any atom is 0.272 e. The van der Waals surface area contributed by atoms with E-state index in [1.165, 1.54) is 0 Å². The number of sulfonamides is 1. The Bertz CT molecular complexity index is 1400. The van der Waals surface area contributed by atoms with E-state index in [9.17, 15) is 8.42 Å². The first-order chi connectivity index (χ1) is 16.8. The van der Waals surface area contributed by atoms with E-state index in [1.54, 1.807) is 42.5 Å². The van der Waals surface area contributed by atoms with Gasteiger partial charge in [0.15, 0.2) is 17.3 Å². The van der Waals surface area contributed by atoms with Crippen LogP contribution in [0.25, 0.3) is 10.9 Å². The third kappa shape index (κ3) is 5.53. The third-order valence-corrected chi connectivity index (χ3v) is 8.04. The van der Waals surface area contributed by atoms with Crippen LogP contribution < -0.4 is 18.9 Å². The minimum atomic E-state index is -3.78. The molecule has 35 heavy (non-hydrogen) atoms. The summed E-state index contributed by atoms with van der Waals surface area (Å²) in [7, 11) is 3.34. The highest BCUT2D eigenvalue weighted by Gasteiger charge is 2.22. The van der Waals surface area contributed by atoms with Gasteiger partial charge >= 0.3 is 0 Å². The number of benzene rings is 2. The minimum Gasteiger partial charge on any atom is -0.496 e. The van der Waals surface area contributed by atoms with E-state index in [0.29, 0.717) is 35.8 Å². The number of methoxy groups -OCH3 is 2. The van der Waals surface area contributed by atoms with Gasteiger partial charge in [0, 0.05) is 6.54 Å². The highest BCUT2D eigenvalue weighted by molar-refractivity contribution is 7.94. The van der Waals surface area contributed by atoms with Crippen LogP contribution in [0.15, 0.2) is 58.1 Å². The Kier molecular flexibility index (Phi) is 7.48. The fourth-order valence-electron chi connectivity index (χ4n) is 3.60. The van der Waals surface area contributed by atoms with E-state index >= 15 is 0 Å². The van der Waals surface area contributed by atoms with E-state index in [4.69, 9.17) is 14.2 Å². The van der Waals surface area contributed by atoms with Crippen molar-refractivity contribution < 1.29 is 22.6 Å². The molecule has 0 atom stereocenters. The van der Waals surface area contributed by atoms with Crippen LogP contribution in [0.2, 0.25) is 0 Å². The van der Waals surface area contributed by atoms with E-state index in [0.717, 1.165) is 29.0 Å². The molecule has 0 saturated carbocycles. The molecule has 0 fully saturated rings. The lowest BCUT2D eigenvalue weighted by molar-refractivity contribution is 0.250. The van der Waals surface area contributed by atoms with Crippen molar-refractivity contribution in [1.82, 2.24) is 14.7 Å². The van der Waals surface area contributed by atoms with Gasteiger partial charge in [-0.1, -0.05) is 18.2 Å². The van der Waals surface area contributed by atoms with Gasteiger partial charge in [-0.15, -0.1) is 11.3 Å². The van der Waals surface area contributed by atoms with Gasteiger partial charge in [0.05, 0.1) is 31.7 Å². The van der Waals surface area contributed by atoms with Gasteiger partial charge in [-0.2, -0.15) is 5.10 Å². The van der Waals surface area contributed by atoms with Crippen molar-refractivity contribution in [3.8, 4) is 17.2 Å². The first-order valence-corrected chi connectivity index (χ1v) is 13.2. The summed E-state index contributed by atoms with van der Waals surface area (Å²) < 4.78 is 47.3. The monoisotopic (exact) mass is 516 g/mol. The molecule has 0 bridgehead atoms. The van der Waals surface area contributed by atoms with Gasteiger partial charge in [0.25, 0.3) is 10.0 Å². The number of aromatic nitrogens is 2. The second-order valence-corrected chi connectivity index (χ2v) is 10.9. The summed E-state index contributed by atoms with van der Waals surface area (Å²) in [6, 6.07) is 14.5. The number of thiophene rings is 1. The summed E-state index contributed by atoms with van der Waals surface area (Å²) >= 11 is 1.14. The topological polar surface area (TPSA) is 94.9 Å². The number of nitrogens with one attached hydrogen (secondary N) is 1. The van der Waals surface area contributed by atoms with Crippen molar-refractivity contribution >= 4 is 38.1 Å². The Hall–Kier alpha value is -3.28. The van der Waals surface area contributed by atoms with E-state index in [-0.39, 0.29) is 10.0 Å². The standard InChI is InChI=1S/C24H28N4O5S2/c1-27(2)12-13-33-21-15-17(10-11-19(21)31-3)16-28-18-7-5-8-20(32-4)23(18)24(25-28)26-35(29,30)22-9-6-14-34-22/h5-11,14-15H,12-13,16H2,1-4H3,(H,25,26). The van der Waals surface area contributed by atoms with Gasteiger partial charge in [-0.3, -0.25) is 9.40 Å². The molecular formula is C24H28N4O5S2. The first-order valence-electron chi connectivity index (χ1n) is 10.9.